The summed E-state index contributed by atoms with van der Waals surface area (Å²) in [7, 11) is -3.79. The Kier molecular flexibility index (Phi) is 4.06. The van der Waals surface area contributed by atoms with Gasteiger partial charge in [0.05, 0.1) is 4.90 Å². The Bertz CT molecular complexity index is 651. The van der Waals surface area contributed by atoms with E-state index in [1.165, 1.54) is 19.1 Å². The van der Waals surface area contributed by atoms with Crippen LogP contribution >= 0.6 is 0 Å². The second-order valence-electron chi connectivity index (χ2n) is 4.84. The van der Waals surface area contributed by atoms with Gasteiger partial charge in [-0.05, 0) is 25.5 Å². The van der Waals surface area contributed by atoms with Crippen LogP contribution in [0, 0.1) is 0 Å². The fourth-order valence-electron chi connectivity index (χ4n) is 2.39. The SMILES string of the molecule is CCCCN1C(C(C)=O)C(=O)c2ccccc2S1(=O)=O. The van der Waals surface area contributed by atoms with Crippen LogP contribution in [-0.2, 0) is 14.8 Å². The van der Waals surface area contributed by atoms with E-state index in [9.17, 15) is 18.0 Å². The smallest absolute Gasteiger partial charge is 0.244 e. The Labute approximate surface area is 118 Å². The number of nitrogens with zero attached hydrogens (tertiary/aromatic N) is 1. The van der Waals surface area contributed by atoms with Gasteiger partial charge in [0.15, 0.2) is 11.6 Å². The van der Waals surface area contributed by atoms with Gasteiger partial charge < -0.3 is 0 Å². The third kappa shape index (κ3) is 2.29. The van der Waals surface area contributed by atoms with Crippen molar-refractivity contribution in [2.45, 2.75) is 37.6 Å². The molecule has 0 radical (unpaired) electrons. The van der Waals surface area contributed by atoms with E-state index in [1.807, 2.05) is 6.92 Å². The predicted molar refractivity (Wildman–Crippen MR) is 74.0 cm³/mol. The number of unbranched alkanes of at least 4 members (excludes halogenated alkanes) is 1. The number of ketones is 2. The highest BCUT2D eigenvalue weighted by molar-refractivity contribution is 7.89. The molecule has 1 heterocycles. The second-order valence-corrected chi connectivity index (χ2v) is 6.70. The molecule has 1 aromatic rings. The number of fused-ring (bicyclic) bond motifs is 1. The average molecular weight is 295 g/mol. The Morgan fingerprint density at radius 3 is 2.55 bits per heavy atom. The number of sulfonamides is 1. The van der Waals surface area contributed by atoms with Crippen molar-refractivity contribution in [1.29, 1.82) is 0 Å². The fourth-order valence-corrected chi connectivity index (χ4v) is 4.23. The summed E-state index contributed by atoms with van der Waals surface area (Å²) in [5.41, 5.74) is 0.112. The van der Waals surface area contributed by atoms with Crippen LogP contribution in [0.5, 0.6) is 0 Å². The molecule has 108 valence electrons. The molecule has 6 heteroatoms. The lowest BCUT2D eigenvalue weighted by atomic mass is 10.0. The van der Waals surface area contributed by atoms with E-state index in [4.69, 9.17) is 0 Å². The Morgan fingerprint density at radius 2 is 1.95 bits per heavy atom. The number of hydrogen-bond donors (Lipinski definition) is 0. The molecule has 0 aliphatic carbocycles. The van der Waals surface area contributed by atoms with Gasteiger partial charge in [0.25, 0.3) is 0 Å². The summed E-state index contributed by atoms with van der Waals surface area (Å²) >= 11 is 0. The van der Waals surface area contributed by atoms with E-state index in [2.05, 4.69) is 0 Å². The number of Topliss-reactive ketones (excluding diaryl/α,β-unsaturated/α-hetero) is 2. The van der Waals surface area contributed by atoms with Gasteiger partial charge in [-0.25, -0.2) is 8.42 Å². The van der Waals surface area contributed by atoms with Crippen molar-refractivity contribution in [2.75, 3.05) is 6.54 Å². The Morgan fingerprint density at radius 1 is 1.30 bits per heavy atom. The highest BCUT2D eigenvalue weighted by atomic mass is 32.2. The summed E-state index contributed by atoms with van der Waals surface area (Å²) < 4.78 is 26.2. The van der Waals surface area contributed by atoms with E-state index < -0.39 is 27.6 Å². The molecule has 1 unspecified atom stereocenters. The van der Waals surface area contributed by atoms with Crippen molar-refractivity contribution >= 4 is 21.6 Å². The van der Waals surface area contributed by atoms with Crippen LogP contribution in [0.25, 0.3) is 0 Å². The largest absolute Gasteiger partial charge is 0.298 e. The first kappa shape index (κ1) is 14.9. The molecule has 1 aliphatic rings. The van der Waals surface area contributed by atoms with E-state index in [1.54, 1.807) is 12.1 Å². The summed E-state index contributed by atoms with van der Waals surface area (Å²) in [6.45, 7) is 3.36. The highest BCUT2D eigenvalue weighted by Gasteiger charge is 2.45. The monoisotopic (exact) mass is 295 g/mol. The zero-order chi connectivity index (χ0) is 14.9. The molecule has 2 rings (SSSR count). The lowest BCUT2D eigenvalue weighted by Gasteiger charge is -2.33. The molecule has 20 heavy (non-hydrogen) atoms. The van der Waals surface area contributed by atoms with Crippen LogP contribution in [0.15, 0.2) is 29.2 Å². The maximum atomic E-state index is 12.6. The van der Waals surface area contributed by atoms with Crippen LogP contribution in [0.3, 0.4) is 0 Å². The molecule has 0 bridgehead atoms. The van der Waals surface area contributed by atoms with Gasteiger partial charge in [-0.2, -0.15) is 4.31 Å². The molecular weight excluding hydrogens is 278 g/mol. The highest BCUT2D eigenvalue weighted by Crippen LogP contribution is 2.30. The summed E-state index contributed by atoms with van der Waals surface area (Å²) in [5, 5.41) is 0. The van der Waals surface area contributed by atoms with Crippen LogP contribution < -0.4 is 0 Å². The standard InChI is InChI=1S/C14H17NO4S/c1-3-4-9-15-13(10(2)16)14(17)11-7-5-6-8-12(11)20(15,18)19/h5-8,13H,3-4,9H2,1-2H3. The van der Waals surface area contributed by atoms with Crippen molar-refractivity contribution in [3.63, 3.8) is 0 Å². The molecule has 1 atom stereocenters. The number of hydrogen-bond acceptors (Lipinski definition) is 4. The first-order valence-corrected chi connectivity index (χ1v) is 8.00. The topological polar surface area (TPSA) is 71.5 Å². The van der Waals surface area contributed by atoms with E-state index in [0.717, 1.165) is 10.7 Å². The fraction of sp³-hybridized carbons (Fsp3) is 0.429. The molecule has 0 N–H and O–H groups in total. The van der Waals surface area contributed by atoms with Gasteiger partial charge in [0.1, 0.15) is 6.04 Å². The van der Waals surface area contributed by atoms with Gasteiger partial charge in [-0.3, -0.25) is 9.59 Å². The van der Waals surface area contributed by atoms with Crippen LogP contribution in [0.1, 0.15) is 37.0 Å². The second kappa shape index (κ2) is 5.46. The molecule has 0 saturated heterocycles. The molecule has 0 fully saturated rings. The van der Waals surface area contributed by atoms with Gasteiger partial charge in [0, 0.05) is 12.1 Å². The minimum Gasteiger partial charge on any atom is -0.298 e. The lowest BCUT2D eigenvalue weighted by molar-refractivity contribution is -0.119. The van der Waals surface area contributed by atoms with Gasteiger partial charge in [0.2, 0.25) is 10.0 Å². The van der Waals surface area contributed by atoms with Crippen LogP contribution in [-0.4, -0.2) is 36.9 Å². The van der Waals surface area contributed by atoms with Crippen LogP contribution in [0.2, 0.25) is 0 Å². The zero-order valence-electron chi connectivity index (χ0n) is 11.5. The Balaban J connectivity index is 2.61. The molecular formula is C14H17NO4S. The van der Waals surface area contributed by atoms with E-state index >= 15 is 0 Å². The maximum absolute atomic E-state index is 12.6. The van der Waals surface area contributed by atoms with Crippen molar-refractivity contribution in [2.24, 2.45) is 0 Å². The molecule has 1 aromatic carbocycles. The first-order valence-electron chi connectivity index (χ1n) is 6.56. The van der Waals surface area contributed by atoms with Crippen molar-refractivity contribution in [3.8, 4) is 0 Å². The molecule has 5 nitrogen and oxygen atoms in total. The molecule has 1 aliphatic heterocycles. The van der Waals surface area contributed by atoms with Crippen molar-refractivity contribution in [3.05, 3.63) is 29.8 Å². The third-order valence-electron chi connectivity index (χ3n) is 3.39. The van der Waals surface area contributed by atoms with E-state index in [0.29, 0.717) is 6.42 Å². The van der Waals surface area contributed by atoms with Crippen molar-refractivity contribution < 1.29 is 18.0 Å². The van der Waals surface area contributed by atoms with E-state index in [-0.39, 0.29) is 17.0 Å². The maximum Gasteiger partial charge on any atom is 0.244 e. The predicted octanol–water partition coefficient (Wildman–Crippen LogP) is 1.63. The molecule has 0 aromatic heterocycles. The molecule has 0 saturated carbocycles. The number of rotatable bonds is 4. The third-order valence-corrected chi connectivity index (χ3v) is 5.32. The lowest BCUT2D eigenvalue weighted by Crippen LogP contribution is -2.53. The van der Waals surface area contributed by atoms with Gasteiger partial charge in [-0.15, -0.1) is 0 Å². The average Bonchev–Trinajstić information content (AvgIpc) is 2.41. The minimum absolute atomic E-state index is 0.00129. The van der Waals surface area contributed by atoms with Gasteiger partial charge >= 0.3 is 0 Å². The zero-order valence-corrected chi connectivity index (χ0v) is 12.3. The normalized spacial score (nSPS) is 21.5. The summed E-state index contributed by atoms with van der Waals surface area (Å²) in [5.74, 6) is -0.872. The quantitative estimate of drug-likeness (QED) is 0.792. The number of benzene rings is 1. The number of carbonyl (C=O) groups excluding carboxylic acids is 2. The summed E-state index contributed by atoms with van der Waals surface area (Å²) in [6.07, 6.45) is 1.39. The van der Waals surface area contributed by atoms with Gasteiger partial charge in [-0.1, -0.05) is 25.5 Å². The Hall–Kier alpha value is -1.53. The molecule has 0 amide bonds. The molecule has 0 spiro atoms. The number of carbonyl (C=O) groups is 2. The van der Waals surface area contributed by atoms with Crippen molar-refractivity contribution in [1.82, 2.24) is 4.31 Å². The summed E-state index contributed by atoms with van der Waals surface area (Å²) in [6, 6.07) is 4.84. The first-order chi connectivity index (χ1) is 9.41. The summed E-state index contributed by atoms with van der Waals surface area (Å²) in [4.78, 5) is 24.1. The van der Waals surface area contributed by atoms with Crippen LogP contribution in [0.4, 0.5) is 0 Å². The minimum atomic E-state index is -3.79.